The summed E-state index contributed by atoms with van der Waals surface area (Å²) >= 11 is 6.00. The van der Waals surface area contributed by atoms with Gasteiger partial charge in [-0.05, 0) is 124 Å². The first-order valence-corrected chi connectivity index (χ1v) is 21.2. The molecule has 3 saturated carbocycles. The van der Waals surface area contributed by atoms with E-state index in [1.165, 1.54) is 0 Å². The lowest BCUT2D eigenvalue weighted by Gasteiger charge is -2.64. The highest BCUT2D eigenvalue weighted by Crippen LogP contribution is 2.65. The maximum absolute atomic E-state index is 13.6. The Morgan fingerprint density at radius 1 is 0.717 bits per heavy atom. The second kappa shape index (κ2) is 20.6. The molecule has 1 saturated heterocycles. The summed E-state index contributed by atoms with van der Waals surface area (Å²) in [6.07, 6.45) is 2.61. The zero-order valence-corrected chi connectivity index (χ0v) is 35.5. The van der Waals surface area contributed by atoms with Crippen molar-refractivity contribution < 1.29 is 33.3 Å². The van der Waals surface area contributed by atoms with Crippen molar-refractivity contribution in [2.75, 3.05) is 19.6 Å². The van der Waals surface area contributed by atoms with Crippen LogP contribution < -0.4 is 55.3 Å². The van der Waals surface area contributed by atoms with Crippen molar-refractivity contribution in [3.8, 4) is 11.1 Å². The molecule has 17 nitrogen and oxygen atoms in total. The third-order valence-electron chi connectivity index (χ3n) is 12.5. The van der Waals surface area contributed by atoms with E-state index in [-0.39, 0.29) is 36.5 Å². The van der Waals surface area contributed by atoms with E-state index in [1.807, 2.05) is 19.1 Å². The Morgan fingerprint density at radius 2 is 1.25 bits per heavy atom. The molecule has 4 fully saturated rings. The molecule has 2 aromatic rings. The fourth-order valence-corrected chi connectivity index (χ4v) is 8.82. The van der Waals surface area contributed by atoms with Crippen LogP contribution in [0.4, 0.5) is 0 Å². The predicted molar refractivity (Wildman–Crippen MR) is 229 cm³/mol. The summed E-state index contributed by atoms with van der Waals surface area (Å²) in [5.41, 5.74) is 31.5. The molecule has 19 heteroatoms. The van der Waals surface area contributed by atoms with Crippen LogP contribution in [0.15, 0.2) is 48.5 Å². The quantitative estimate of drug-likeness (QED) is 0.0463. The fourth-order valence-electron chi connectivity index (χ4n) is 8.69. The molecule has 1 heterocycles. The topological polar surface area (TPSA) is 294 Å². The summed E-state index contributed by atoms with van der Waals surface area (Å²) in [6.45, 7) is 7.00. The minimum atomic E-state index is -1.61. The van der Waals surface area contributed by atoms with Crippen LogP contribution in [0.1, 0.15) is 82.5 Å². The van der Waals surface area contributed by atoms with E-state index in [0.29, 0.717) is 55.6 Å². The number of amides is 5. The monoisotopic (exact) mass is 852 g/mol. The number of carbonyl (C=O) groups is 5. The molecule has 3 aliphatic carbocycles. The Hall–Kier alpha value is -4.14. The minimum Gasteiger partial charge on any atom is -0.403 e. The highest BCUT2D eigenvalue weighted by Gasteiger charge is 2.68. The largest absolute Gasteiger partial charge is 0.497 e. The molecule has 5 amide bonds. The number of nitrogens with two attached hydrogens (primary N) is 5. The summed E-state index contributed by atoms with van der Waals surface area (Å²) in [7, 11) is -0.882. The molecule has 0 aromatic heterocycles. The van der Waals surface area contributed by atoms with Crippen LogP contribution in [0.3, 0.4) is 0 Å². The molecular formula is C41H62BClN10O7. The van der Waals surface area contributed by atoms with Gasteiger partial charge in [0.2, 0.25) is 17.7 Å². The van der Waals surface area contributed by atoms with Gasteiger partial charge in [-0.15, -0.1) is 0 Å². The molecular weight excluding hydrogens is 791 g/mol. The van der Waals surface area contributed by atoms with Crippen LogP contribution in [0.5, 0.6) is 0 Å². The molecule has 60 heavy (non-hydrogen) atoms. The standard InChI is InChI=1S/C41H62BClN10O7/c1-40(2)26-20-31(40)41(3)32(21-26)59-42(60-41)39(48)53-36(56)29(9-5-7-19-45)50-38(58)33(47)52-35(55)28(8-4-6-18-44)49-37(57)30(22-46)51-34(54)25-12-10-23(11-13-25)24-14-16-27(43)17-15-24/h10-17,26,28-33,39H,4-9,18-22,44-48H2,1-3H3,(H,49,57)(H,50,58)(H,51,54)(H,52,55)(H,53,56)/t26-,28-,29-,30-,31-,32?,33+,39+,41-/m0/s1. The maximum Gasteiger partial charge on any atom is 0.497 e. The third-order valence-corrected chi connectivity index (χ3v) is 12.7. The Morgan fingerprint density at radius 3 is 1.80 bits per heavy atom. The van der Waals surface area contributed by atoms with Crippen molar-refractivity contribution >= 4 is 48.3 Å². The van der Waals surface area contributed by atoms with Crippen molar-refractivity contribution in [2.24, 2.45) is 45.9 Å². The molecule has 9 atom stereocenters. The van der Waals surface area contributed by atoms with Gasteiger partial charge in [0.25, 0.3) is 11.8 Å². The van der Waals surface area contributed by atoms with Gasteiger partial charge in [0.1, 0.15) is 24.2 Å². The number of halogens is 1. The Kier molecular flexibility index (Phi) is 16.1. The molecule has 1 unspecified atom stereocenters. The highest BCUT2D eigenvalue weighted by molar-refractivity contribution is 6.47. The molecule has 6 rings (SSSR count). The van der Waals surface area contributed by atoms with E-state index >= 15 is 0 Å². The molecule has 2 bridgehead atoms. The number of benzene rings is 2. The van der Waals surface area contributed by atoms with E-state index in [4.69, 9.17) is 49.6 Å². The van der Waals surface area contributed by atoms with E-state index in [2.05, 4.69) is 40.4 Å². The summed E-state index contributed by atoms with van der Waals surface area (Å²) in [4.78, 5) is 67.1. The minimum absolute atomic E-state index is 0.123. The van der Waals surface area contributed by atoms with Crippen molar-refractivity contribution in [3.05, 3.63) is 59.1 Å². The highest BCUT2D eigenvalue weighted by atomic mass is 35.5. The van der Waals surface area contributed by atoms with Crippen LogP contribution in [-0.4, -0.2) is 98.4 Å². The molecule has 4 aliphatic rings. The smallest absolute Gasteiger partial charge is 0.403 e. The van der Waals surface area contributed by atoms with Gasteiger partial charge in [0.15, 0.2) is 6.17 Å². The van der Waals surface area contributed by atoms with E-state index < -0.39 is 72.6 Å². The summed E-state index contributed by atoms with van der Waals surface area (Å²) < 4.78 is 12.6. The van der Waals surface area contributed by atoms with Gasteiger partial charge in [-0.3, -0.25) is 24.0 Å². The van der Waals surface area contributed by atoms with Gasteiger partial charge in [0, 0.05) is 17.1 Å². The Bertz CT molecular complexity index is 1830. The van der Waals surface area contributed by atoms with Crippen LogP contribution in [0.2, 0.25) is 5.02 Å². The number of carbonyl (C=O) groups excluding carboxylic acids is 5. The lowest BCUT2D eigenvalue weighted by Crippen LogP contribution is -2.65. The van der Waals surface area contributed by atoms with Crippen molar-refractivity contribution in [1.29, 1.82) is 0 Å². The second-order valence-electron chi connectivity index (χ2n) is 16.9. The zero-order chi connectivity index (χ0) is 43.8. The molecule has 0 radical (unpaired) electrons. The van der Waals surface area contributed by atoms with Gasteiger partial charge >= 0.3 is 7.12 Å². The van der Waals surface area contributed by atoms with Crippen molar-refractivity contribution in [3.63, 3.8) is 0 Å². The number of hydrogen-bond acceptors (Lipinski definition) is 12. The van der Waals surface area contributed by atoms with Crippen LogP contribution in [-0.2, 0) is 28.5 Å². The first kappa shape index (κ1) is 46.9. The van der Waals surface area contributed by atoms with Gasteiger partial charge in [-0.1, -0.05) is 49.7 Å². The third kappa shape index (κ3) is 11.0. The average molecular weight is 853 g/mol. The van der Waals surface area contributed by atoms with Gasteiger partial charge in [-0.2, -0.15) is 0 Å². The van der Waals surface area contributed by atoms with Gasteiger partial charge in [0.05, 0.1) is 11.7 Å². The van der Waals surface area contributed by atoms with E-state index in [0.717, 1.165) is 24.0 Å². The molecule has 2 aromatic carbocycles. The van der Waals surface area contributed by atoms with Gasteiger partial charge in [-0.25, -0.2) is 0 Å². The predicted octanol–water partition coefficient (Wildman–Crippen LogP) is 0.361. The summed E-state index contributed by atoms with van der Waals surface area (Å²) in [6, 6.07) is 9.56. The Balaban J connectivity index is 1.16. The Labute approximate surface area is 357 Å². The van der Waals surface area contributed by atoms with E-state index in [9.17, 15) is 24.0 Å². The van der Waals surface area contributed by atoms with Crippen LogP contribution in [0.25, 0.3) is 11.1 Å². The first-order chi connectivity index (χ1) is 28.5. The lowest BCUT2D eigenvalue weighted by molar-refractivity contribution is -0.199. The van der Waals surface area contributed by atoms with Gasteiger partial charge < -0.3 is 64.6 Å². The summed E-state index contributed by atoms with van der Waals surface area (Å²) in [5, 5.41) is 13.7. The first-order valence-electron chi connectivity index (χ1n) is 20.8. The number of nitrogens with one attached hydrogen (secondary N) is 5. The fraction of sp³-hybridized carbons (Fsp3) is 0.585. The van der Waals surface area contributed by atoms with Crippen molar-refractivity contribution in [1.82, 2.24) is 26.6 Å². The molecule has 0 spiro atoms. The van der Waals surface area contributed by atoms with Crippen LogP contribution >= 0.6 is 11.6 Å². The summed E-state index contributed by atoms with van der Waals surface area (Å²) in [5.74, 6) is -2.62. The molecule has 1 aliphatic heterocycles. The lowest BCUT2D eigenvalue weighted by atomic mass is 9.43. The molecule has 15 N–H and O–H groups in total. The van der Waals surface area contributed by atoms with Crippen molar-refractivity contribution in [2.45, 2.75) is 114 Å². The average Bonchev–Trinajstić information content (AvgIpc) is 3.59. The number of rotatable bonds is 21. The van der Waals surface area contributed by atoms with Crippen LogP contribution in [0, 0.1) is 17.3 Å². The normalized spacial score (nSPS) is 23.8. The SMILES string of the molecule is CC1(C)[C@@H]2CC3OB([C@H](N)NC(=O)[C@H](CCCCN)NC(=O)[C@H](N)NC(=O)[C@H](CCCCN)NC(=O)[C@H](CN)NC(=O)c4ccc(-c5ccc(Cl)cc5)cc4)O[C@@]3(C)[C@H]1C2. The zero-order valence-electron chi connectivity index (χ0n) is 34.7. The second-order valence-corrected chi connectivity index (χ2v) is 17.3. The maximum atomic E-state index is 13.6. The number of unbranched alkanes of at least 4 members (excludes halogenated alkanes) is 2. The molecule has 328 valence electrons. The number of hydrogen-bond donors (Lipinski definition) is 10. The van der Waals surface area contributed by atoms with E-state index in [1.54, 1.807) is 36.4 Å².